The molecular formula is C18H21N3O3. The summed E-state index contributed by atoms with van der Waals surface area (Å²) >= 11 is 0. The highest BCUT2D eigenvalue weighted by atomic mass is 16.5. The molecule has 126 valence electrons. The van der Waals surface area contributed by atoms with Gasteiger partial charge < -0.3 is 15.2 Å². The molecular weight excluding hydrogens is 306 g/mol. The molecule has 6 nitrogen and oxygen atoms in total. The molecule has 1 aliphatic carbocycles. The minimum absolute atomic E-state index is 0.270. The van der Waals surface area contributed by atoms with E-state index in [4.69, 9.17) is 4.52 Å². The van der Waals surface area contributed by atoms with Crippen molar-refractivity contribution in [3.05, 3.63) is 41.7 Å². The van der Waals surface area contributed by atoms with Crippen LogP contribution in [-0.2, 0) is 9.59 Å². The Morgan fingerprint density at radius 3 is 2.42 bits per heavy atom. The van der Waals surface area contributed by atoms with Crippen LogP contribution in [-0.4, -0.2) is 17.0 Å². The summed E-state index contributed by atoms with van der Waals surface area (Å²) < 4.78 is 4.93. The molecule has 0 atom stereocenters. The summed E-state index contributed by atoms with van der Waals surface area (Å²) in [6, 6.07) is 9.29. The first-order chi connectivity index (χ1) is 11.4. The number of para-hydroxylation sites is 1. The minimum Gasteiger partial charge on any atom is -0.360 e. The van der Waals surface area contributed by atoms with E-state index in [0.717, 1.165) is 11.3 Å². The summed E-state index contributed by atoms with van der Waals surface area (Å²) in [7, 11) is 0. The Bertz CT molecular complexity index is 775. The van der Waals surface area contributed by atoms with E-state index in [0.29, 0.717) is 24.4 Å². The average molecular weight is 327 g/mol. The van der Waals surface area contributed by atoms with Crippen molar-refractivity contribution < 1.29 is 14.1 Å². The lowest BCUT2D eigenvalue weighted by Gasteiger charge is -2.17. The quantitative estimate of drug-likeness (QED) is 0.824. The first-order valence-electron chi connectivity index (χ1n) is 8.07. The summed E-state index contributed by atoms with van der Waals surface area (Å²) in [5.74, 6) is 0.608. The number of carbonyl (C=O) groups excluding carboxylic acids is 2. The predicted octanol–water partition coefficient (Wildman–Crippen LogP) is 3.46. The zero-order valence-electron chi connectivity index (χ0n) is 14.1. The fourth-order valence-corrected chi connectivity index (χ4v) is 2.70. The maximum atomic E-state index is 12.7. The second-order valence-corrected chi connectivity index (χ2v) is 6.56. The maximum Gasteiger partial charge on any atom is 0.241 e. The van der Waals surface area contributed by atoms with Crippen LogP contribution in [0, 0.1) is 12.3 Å². The summed E-state index contributed by atoms with van der Waals surface area (Å²) in [6.07, 6.45) is 1.07. The maximum absolute atomic E-state index is 12.7. The smallest absolute Gasteiger partial charge is 0.241 e. The minimum atomic E-state index is -1.02. The molecule has 0 spiro atoms. The van der Waals surface area contributed by atoms with Crippen molar-refractivity contribution in [2.24, 2.45) is 5.41 Å². The van der Waals surface area contributed by atoms with Crippen molar-refractivity contribution in [3.63, 3.8) is 0 Å². The van der Waals surface area contributed by atoms with Crippen molar-refractivity contribution in [1.29, 1.82) is 0 Å². The van der Waals surface area contributed by atoms with Crippen molar-refractivity contribution in [3.8, 4) is 0 Å². The number of aryl methyl sites for hydroxylation is 1. The summed E-state index contributed by atoms with van der Waals surface area (Å²) in [5, 5.41) is 9.33. The SMILES string of the molecule is Cc1cc(NC(=O)C2(C(=O)Nc3ccccc3C(C)C)CC2)no1. The summed E-state index contributed by atoms with van der Waals surface area (Å²) in [6.45, 7) is 5.88. The van der Waals surface area contributed by atoms with E-state index in [1.54, 1.807) is 13.0 Å². The molecule has 1 saturated carbocycles. The average Bonchev–Trinajstić information content (AvgIpc) is 3.26. The molecule has 1 fully saturated rings. The molecule has 0 aliphatic heterocycles. The Balaban J connectivity index is 1.74. The standard InChI is InChI=1S/C18H21N3O3/c1-11(2)13-6-4-5-7-14(13)19-16(22)18(8-9-18)17(23)20-15-10-12(3)24-21-15/h4-7,10-11H,8-9H2,1-3H3,(H,19,22)(H,20,21,23). The zero-order valence-corrected chi connectivity index (χ0v) is 14.1. The summed E-state index contributed by atoms with van der Waals surface area (Å²) in [5.41, 5.74) is 0.791. The molecule has 1 aromatic heterocycles. The lowest BCUT2D eigenvalue weighted by molar-refractivity contribution is -0.131. The lowest BCUT2D eigenvalue weighted by Crippen LogP contribution is -2.36. The fourth-order valence-electron chi connectivity index (χ4n) is 2.70. The van der Waals surface area contributed by atoms with E-state index in [1.165, 1.54) is 0 Å². The number of amides is 2. The van der Waals surface area contributed by atoms with Gasteiger partial charge in [-0.2, -0.15) is 0 Å². The number of anilines is 2. The van der Waals surface area contributed by atoms with Gasteiger partial charge in [0.1, 0.15) is 11.2 Å². The molecule has 0 bridgehead atoms. The Labute approximate surface area is 140 Å². The second kappa shape index (κ2) is 6.11. The Kier molecular flexibility index (Phi) is 4.13. The third kappa shape index (κ3) is 3.04. The largest absolute Gasteiger partial charge is 0.360 e. The number of rotatable bonds is 5. The molecule has 0 saturated heterocycles. The van der Waals surface area contributed by atoms with Gasteiger partial charge in [-0.25, -0.2) is 0 Å². The topological polar surface area (TPSA) is 84.2 Å². The Hall–Kier alpha value is -2.63. The van der Waals surface area contributed by atoms with Crippen LogP contribution in [0.5, 0.6) is 0 Å². The van der Waals surface area contributed by atoms with E-state index in [-0.39, 0.29) is 17.7 Å². The number of nitrogens with one attached hydrogen (secondary N) is 2. The van der Waals surface area contributed by atoms with Gasteiger partial charge in [0.05, 0.1) is 0 Å². The van der Waals surface area contributed by atoms with E-state index < -0.39 is 5.41 Å². The van der Waals surface area contributed by atoms with E-state index in [2.05, 4.69) is 29.6 Å². The van der Waals surface area contributed by atoms with Crippen molar-refractivity contribution in [1.82, 2.24) is 5.16 Å². The lowest BCUT2D eigenvalue weighted by atomic mass is 9.99. The van der Waals surface area contributed by atoms with E-state index >= 15 is 0 Å². The summed E-state index contributed by atoms with van der Waals surface area (Å²) in [4.78, 5) is 25.2. The van der Waals surface area contributed by atoms with Crippen LogP contribution in [0.2, 0.25) is 0 Å². The third-order valence-electron chi connectivity index (χ3n) is 4.32. The van der Waals surface area contributed by atoms with Crippen LogP contribution in [0.25, 0.3) is 0 Å². The highest BCUT2D eigenvalue weighted by molar-refractivity contribution is 6.16. The van der Waals surface area contributed by atoms with Gasteiger partial charge in [-0.15, -0.1) is 0 Å². The Morgan fingerprint density at radius 2 is 1.83 bits per heavy atom. The van der Waals surface area contributed by atoms with Gasteiger partial charge in [-0.05, 0) is 37.3 Å². The number of benzene rings is 1. The van der Waals surface area contributed by atoms with Crippen LogP contribution in [0.3, 0.4) is 0 Å². The number of hydrogen-bond acceptors (Lipinski definition) is 4. The third-order valence-corrected chi connectivity index (χ3v) is 4.32. The number of carbonyl (C=O) groups is 2. The molecule has 0 radical (unpaired) electrons. The van der Waals surface area contributed by atoms with Gasteiger partial charge in [0.25, 0.3) is 0 Å². The van der Waals surface area contributed by atoms with Crippen LogP contribution >= 0.6 is 0 Å². The van der Waals surface area contributed by atoms with Crippen molar-refractivity contribution >= 4 is 23.3 Å². The van der Waals surface area contributed by atoms with Crippen molar-refractivity contribution in [2.75, 3.05) is 10.6 Å². The normalized spacial score (nSPS) is 15.2. The molecule has 1 aliphatic rings. The highest BCUT2D eigenvalue weighted by Crippen LogP contribution is 2.47. The van der Waals surface area contributed by atoms with E-state index in [1.807, 2.05) is 24.3 Å². The first kappa shape index (κ1) is 16.2. The Morgan fingerprint density at radius 1 is 1.17 bits per heavy atom. The fraction of sp³-hybridized carbons (Fsp3) is 0.389. The van der Waals surface area contributed by atoms with Crippen LogP contribution in [0.4, 0.5) is 11.5 Å². The molecule has 2 N–H and O–H groups in total. The van der Waals surface area contributed by atoms with E-state index in [9.17, 15) is 9.59 Å². The molecule has 2 aromatic rings. The number of aromatic nitrogens is 1. The molecule has 1 heterocycles. The highest BCUT2D eigenvalue weighted by Gasteiger charge is 2.56. The van der Waals surface area contributed by atoms with Gasteiger partial charge in [-0.1, -0.05) is 37.2 Å². The molecule has 3 rings (SSSR count). The van der Waals surface area contributed by atoms with Crippen molar-refractivity contribution in [2.45, 2.75) is 39.5 Å². The number of nitrogens with zero attached hydrogens (tertiary/aromatic N) is 1. The molecule has 2 amide bonds. The van der Waals surface area contributed by atoms with Gasteiger partial charge in [-0.3, -0.25) is 9.59 Å². The van der Waals surface area contributed by atoms with Gasteiger partial charge in [0.2, 0.25) is 11.8 Å². The van der Waals surface area contributed by atoms with Gasteiger partial charge in [0, 0.05) is 11.8 Å². The second-order valence-electron chi connectivity index (χ2n) is 6.56. The zero-order chi connectivity index (χ0) is 17.3. The molecule has 0 unspecified atom stereocenters. The first-order valence-corrected chi connectivity index (χ1v) is 8.07. The van der Waals surface area contributed by atoms with Crippen LogP contribution < -0.4 is 10.6 Å². The van der Waals surface area contributed by atoms with Crippen LogP contribution in [0.15, 0.2) is 34.9 Å². The predicted molar refractivity (Wildman–Crippen MR) is 90.7 cm³/mol. The molecule has 24 heavy (non-hydrogen) atoms. The van der Waals surface area contributed by atoms with Crippen LogP contribution in [0.1, 0.15) is 43.9 Å². The monoisotopic (exact) mass is 327 g/mol. The van der Waals surface area contributed by atoms with Gasteiger partial charge >= 0.3 is 0 Å². The molecule has 6 heteroatoms. The van der Waals surface area contributed by atoms with Gasteiger partial charge in [0.15, 0.2) is 5.82 Å². The number of hydrogen-bond donors (Lipinski definition) is 2. The molecule has 1 aromatic carbocycles.